The number of benzene rings is 1. The Kier molecular flexibility index (Phi) is 4.83. The Morgan fingerprint density at radius 3 is 2.74 bits per heavy atom. The zero-order chi connectivity index (χ0) is 13.7. The predicted molar refractivity (Wildman–Crippen MR) is 78.7 cm³/mol. The van der Waals surface area contributed by atoms with Crippen LogP contribution in [0.1, 0.15) is 44.6 Å². The van der Waals surface area contributed by atoms with Crippen LogP contribution < -0.4 is 11.1 Å². The second-order valence-corrected chi connectivity index (χ2v) is 5.62. The number of nitrogens with two attached hydrogens (primary N) is 1. The number of rotatable bonds is 4. The molecule has 0 spiro atoms. The highest BCUT2D eigenvalue weighted by Gasteiger charge is 2.21. The Hall–Kier alpha value is -1.51. The molecule has 0 saturated heterocycles. The van der Waals surface area contributed by atoms with Crippen LogP contribution in [0, 0.1) is 5.92 Å². The average Bonchev–Trinajstić information content (AvgIpc) is 2.41. The fourth-order valence-corrected chi connectivity index (χ4v) is 2.89. The van der Waals surface area contributed by atoms with Crippen molar-refractivity contribution >= 4 is 11.6 Å². The summed E-state index contributed by atoms with van der Waals surface area (Å²) >= 11 is 0. The number of amides is 1. The zero-order valence-corrected chi connectivity index (χ0v) is 11.7. The standard InChI is InChI=1S/C16H24N2O/c1-2-12-4-3-5-15(10-12)18-16(19)11-13-6-8-14(17)9-7-13/h6-9,12,15H,2-5,10-11,17H2,1H3,(H,18,19). The van der Waals surface area contributed by atoms with Crippen LogP contribution in [0.2, 0.25) is 0 Å². The lowest BCUT2D eigenvalue weighted by molar-refractivity contribution is -0.121. The highest BCUT2D eigenvalue weighted by Crippen LogP contribution is 2.26. The van der Waals surface area contributed by atoms with Gasteiger partial charge in [0, 0.05) is 11.7 Å². The van der Waals surface area contributed by atoms with Crippen molar-refractivity contribution in [2.24, 2.45) is 5.92 Å². The quantitative estimate of drug-likeness (QED) is 0.818. The Bertz CT molecular complexity index is 413. The van der Waals surface area contributed by atoms with Crippen molar-refractivity contribution in [3.05, 3.63) is 29.8 Å². The van der Waals surface area contributed by atoms with E-state index in [0.717, 1.165) is 30.0 Å². The molecule has 1 saturated carbocycles. The first-order chi connectivity index (χ1) is 9.17. The molecule has 3 nitrogen and oxygen atoms in total. The Morgan fingerprint density at radius 2 is 2.05 bits per heavy atom. The number of hydrogen-bond acceptors (Lipinski definition) is 2. The molecule has 0 aliphatic heterocycles. The van der Waals surface area contributed by atoms with Crippen LogP contribution in [0.5, 0.6) is 0 Å². The summed E-state index contributed by atoms with van der Waals surface area (Å²) in [4.78, 5) is 12.0. The molecule has 1 fully saturated rings. The summed E-state index contributed by atoms with van der Waals surface area (Å²) in [6, 6.07) is 7.90. The molecule has 0 aromatic heterocycles. The summed E-state index contributed by atoms with van der Waals surface area (Å²) in [6.07, 6.45) is 6.51. The van der Waals surface area contributed by atoms with Gasteiger partial charge in [-0.3, -0.25) is 4.79 Å². The fourth-order valence-electron chi connectivity index (χ4n) is 2.89. The molecular weight excluding hydrogens is 236 g/mol. The summed E-state index contributed by atoms with van der Waals surface area (Å²) in [5.74, 6) is 0.919. The molecule has 0 bridgehead atoms. The highest BCUT2D eigenvalue weighted by atomic mass is 16.1. The molecule has 2 atom stereocenters. The van der Waals surface area contributed by atoms with E-state index in [4.69, 9.17) is 5.73 Å². The SMILES string of the molecule is CCC1CCCC(NC(=O)Cc2ccc(N)cc2)C1. The first-order valence-corrected chi connectivity index (χ1v) is 7.31. The number of anilines is 1. The maximum absolute atomic E-state index is 12.0. The second kappa shape index (κ2) is 6.60. The van der Waals surface area contributed by atoms with E-state index in [1.165, 1.54) is 19.3 Å². The number of carbonyl (C=O) groups is 1. The largest absolute Gasteiger partial charge is 0.399 e. The molecular formula is C16H24N2O. The lowest BCUT2D eigenvalue weighted by Gasteiger charge is -2.29. The van der Waals surface area contributed by atoms with Crippen molar-refractivity contribution in [2.75, 3.05) is 5.73 Å². The van der Waals surface area contributed by atoms with E-state index in [-0.39, 0.29) is 5.91 Å². The zero-order valence-electron chi connectivity index (χ0n) is 11.7. The second-order valence-electron chi connectivity index (χ2n) is 5.62. The van der Waals surface area contributed by atoms with Gasteiger partial charge < -0.3 is 11.1 Å². The molecule has 1 aromatic rings. The molecule has 2 unspecified atom stereocenters. The molecule has 19 heavy (non-hydrogen) atoms. The van der Waals surface area contributed by atoms with Crippen LogP contribution in [0.15, 0.2) is 24.3 Å². The highest BCUT2D eigenvalue weighted by molar-refractivity contribution is 5.79. The Morgan fingerprint density at radius 1 is 1.32 bits per heavy atom. The van der Waals surface area contributed by atoms with Crippen LogP contribution in [0.3, 0.4) is 0 Å². The van der Waals surface area contributed by atoms with Crippen molar-refractivity contribution in [1.29, 1.82) is 0 Å². The molecule has 1 aliphatic carbocycles. The number of hydrogen-bond donors (Lipinski definition) is 2. The molecule has 104 valence electrons. The molecule has 1 aromatic carbocycles. The lowest BCUT2D eigenvalue weighted by atomic mass is 9.84. The van der Waals surface area contributed by atoms with Crippen molar-refractivity contribution < 1.29 is 4.79 Å². The van der Waals surface area contributed by atoms with Gasteiger partial charge >= 0.3 is 0 Å². The van der Waals surface area contributed by atoms with Crippen molar-refractivity contribution in [2.45, 2.75) is 51.5 Å². The number of nitrogens with one attached hydrogen (secondary N) is 1. The van der Waals surface area contributed by atoms with Gasteiger partial charge in [-0.25, -0.2) is 0 Å². The lowest BCUT2D eigenvalue weighted by Crippen LogP contribution is -2.39. The third-order valence-electron chi connectivity index (χ3n) is 4.07. The van der Waals surface area contributed by atoms with E-state index in [1.807, 2.05) is 24.3 Å². The predicted octanol–water partition coefficient (Wildman–Crippen LogP) is 2.90. The van der Waals surface area contributed by atoms with Gasteiger partial charge in [0.1, 0.15) is 0 Å². The summed E-state index contributed by atoms with van der Waals surface area (Å²) in [7, 11) is 0. The average molecular weight is 260 g/mol. The van der Waals surface area contributed by atoms with Crippen molar-refractivity contribution in [3.63, 3.8) is 0 Å². The molecule has 2 rings (SSSR count). The van der Waals surface area contributed by atoms with Gasteiger partial charge in [0.15, 0.2) is 0 Å². The van der Waals surface area contributed by atoms with Crippen LogP contribution in [0.4, 0.5) is 5.69 Å². The molecule has 3 heteroatoms. The fraction of sp³-hybridized carbons (Fsp3) is 0.562. The van der Waals surface area contributed by atoms with Crippen molar-refractivity contribution in [3.8, 4) is 0 Å². The van der Waals surface area contributed by atoms with Gasteiger partial charge in [0.25, 0.3) is 0 Å². The third-order valence-corrected chi connectivity index (χ3v) is 4.07. The normalized spacial score (nSPS) is 23.0. The Labute approximate surface area is 115 Å². The van der Waals surface area contributed by atoms with E-state index >= 15 is 0 Å². The van der Waals surface area contributed by atoms with E-state index in [0.29, 0.717) is 12.5 Å². The van der Waals surface area contributed by atoms with E-state index < -0.39 is 0 Å². The van der Waals surface area contributed by atoms with Gasteiger partial charge in [-0.05, 0) is 36.5 Å². The van der Waals surface area contributed by atoms with Gasteiger partial charge in [-0.1, -0.05) is 38.3 Å². The third kappa shape index (κ3) is 4.27. The first kappa shape index (κ1) is 13.9. The summed E-state index contributed by atoms with van der Waals surface area (Å²) in [6.45, 7) is 2.24. The maximum atomic E-state index is 12.0. The first-order valence-electron chi connectivity index (χ1n) is 7.31. The van der Waals surface area contributed by atoms with Gasteiger partial charge in [-0.2, -0.15) is 0 Å². The number of carbonyl (C=O) groups excluding carboxylic acids is 1. The summed E-state index contributed by atoms with van der Waals surface area (Å²) in [5, 5.41) is 3.18. The van der Waals surface area contributed by atoms with Gasteiger partial charge in [0.2, 0.25) is 5.91 Å². The molecule has 0 radical (unpaired) electrons. The monoisotopic (exact) mass is 260 g/mol. The molecule has 0 heterocycles. The molecule has 1 aliphatic rings. The minimum Gasteiger partial charge on any atom is -0.399 e. The van der Waals surface area contributed by atoms with Crippen LogP contribution >= 0.6 is 0 Å². The van der Waals surface area contributed by atoms with E-state index in [9.17, 15) is 4.79 Å². The topological polar surface area (TPSA) is 55.1 Å². The smallest absolute Gasteiger partial charge is 0.224 e. The number of nitrogen functional groups attached to an aromatic ring is 1. The van der Waals surface area contributed by atoms with Gasteiger partial charge in [0.05, 0.1) is 6.42 Å². The van der Waals surface area contributed by atoms with Crippen LogP contribution in [0.25, 0.3) is 0 Å². The summed E-state index contributed by atoms with van der Waals surface area (Å²) < 4.78 is 0. The Balaban J connectivity index is 1.82. The minimum absolute atomic E-state index is 0.131. The van der Waals surface area contributed by atoms with Crippen LogP contribution in [-0.4, -0.2) is 11.9 Å². The van der Waals surface area contributed by atoms with E-state index in [2.05, 4.69) is 12.2 Å². The van der Waals surface area contributed by atoms with Crippen LogP contribution in [-0.2, 0) is 11.2 Å². The van der Waals surface area contributed by atoms with Gasteiger partial charge in [-0.15, -0.1) is 0 Å². The maximum Gasteiger partial charge on any atom is 0.224 e. The van der Waals surface area contributed by atoms with Crippen molar-refractivity contribution in [1.82, 2.24) is 5.32 Å². The van der Waals surface area contributed by atoms with E-state index in [1.54, 1.807) is 0 Å². The summed E-state index contributed by atoms with van der Waals surface area (Å²) in [5.41, 5.74) is 7.40. The minimum atomic E-state index is 0.131. The molecule has 1 amide bonds. The molecule has 3 N–H and O–H groups in total.